The predicted molar refractivity (Wildman–Crippen MR) is 71.3 cm³/mol. The number of hydrogen-bond acceptors (Lipinski definition) is 5. The van der Waals surface area contributed by atoms with Gasteiger partial charge >= 0.3 is 5.97 Å². The van der Waals surface area contributed by atoms with Crippen LogP contribution in [0.25, 0.3) is 0 Å². The molecule has 0 aromatic heterocycles. The fourth-order valence-electron chi connectivity index (χ4n) is 1.70. The first-order valence-electron chi connectivity index (χ1n) is 5.34. The summed E-state index contributed by atoms with van der Waals surface area (Å²) in [7, 11) is 1.30. The number of hydrogen-bond donors (Lipinski definition) is 0. The molecule has 18 heavy (non-hydrogen) atoms. The minimum absolute atomic E-state index is 0.280. The lowest BCUT2D eigenvalue weighted by Gasteiger charge is -2.26. The number of alkyl halides is 1. The van der Waals surface area contributed by atoms with Crippen LogP contribution in [0.3, 0.4) is 0 Å². The second-order valence-electron chi connectivity index (χ2n) is 3.43. The van der Waals surface area contributed by atoms with Crippen LogP contribution in [0.15, 0.2) is 33.5 Å². The van der Waals surface area contributed by atoms with Gasteiger partial charge in [-0.05, 0) is 12.5 Å². The molecular formula is C12H15ClN2O3. The van der Waals surface area contributed by atoms with Crippen LogP contribution in [-0.4, -0.2) is 44.1 Å². The van der Waals surface area contributed by atoms with Crippen LogP contribution in [0.5, 0.6) is 0 Å². The molecule has 6 heteroatoms. The standard InChI is InChI=1S/C12H15ClN2O3/c1-4-9-8(5-6-13)7-18-11(12(16)17-3)10(9)15-14-2/h4-5,11H,2,6-7H2,1,3H3/b8-5-,9-4+,15-10?. The first-order valence-corrected chi connectivity index (χ1v) is 5.88. The molecule has 0 saturated carbocycles. The van der Waals surface area contributed by atoms with E-state index in [1.807, 2.05) is 19.1 Å². The average molecular weight is 271 g/mol. The van der Waals surface area contributed by atoms with Crippen molar-refractivity contribution in [2.75, 3.05) is 19.6 Å². The Bertz CT molecular complexity index is 427. The zero-order valence-corrected chi connectivity index (χ0v) is 11.1. The molecule has 1 unspecified atom stereocenters. The van der Waals surface area contributed by atoms with Gasteiger partial charge in [0.25, 0.3) is 0 Å². The number of methoxy groups -OCH3 is 1. The van der Waals surface area contributed by atoms with Crippen LogP contribution < -0.4 is 0 Å². The van der Waals surface area contributed by atoms with Gasteiger partial charge in [-0.25, -0.2) is 4.79 Å². The summed E-state index contributed by atoms with van der Waals surface area (Å²) in [6.45, 7) is 5.42. The Morgan fingerprint density at radius 2 is 2.44 bits per heavy atom. The van der Waals surface area contributed by atoms with Gasteiger partial charge in [0.15, 0.2) is 6.10 Å². The molecule has 1 aliphatic heterocycles. The molecule has 0 aliphatic carbocycles. The van der Waals surface area contributed by atoms with E-state index in [1.165, 1.54) is 7.11 Å². The van der Waals surface area contributed by atoms with Gasteiger partial charge in [-0.15, -0.1) is 11.6 Å². The molecule has 0 bridgehead atoms. The van der Waals surface area contributed by atoms with Crippen molar-refractivity contribution in [1.82, 2.24) is 0 Å². The first-order chi connectivity index (χ1) is 8.69. The van der Waals surface area contributed by atoms with Gasteiger partial charge in [-0.3, -0.25) is 0 Å². The van der Waals surface area contributed by atoms with Crippen LogP contribution in [0.2, 0.25) is 0 Å². The lowest BCUT2D eigenvalue weighted by molar-refractivity contribution is -0.149. The number of carbonyl (C=O) groups excluding carboxylic acids is 1. The van der Waals surface area contributed by atoms with Gasteiger partial charge in [0.1, 0.15) is 5.71 Å². The molecule has 0 N–H and O–H groups in total. The van der Waals surface area contributed by atoms with Gasteiger partial charge in [-0.2, -0.15) is 10.2 Å². The normalized spacial score (nSPS) is 26.6. The Morgan fingerprint density at radius 3 is 2.94 bits per heavy atom. The molecule has 0 aromatic carbocycles. The van der Waals surface area contributed by atoms with Crippen LogP contribution >= 0.6 is 11.6 Å². The van der Waals surface area contributed by atoms with Crippen molar-refractivity contribution in [2.24, 2.45) is 10.2 Å². The fraction of sp³-hybridized carbons (Fsp3) is 0.417. The molecule has 0 amide bonds. The first kappa shape index (κ1) is 14.6. The minimum atomic E-state index is -0.876. The number of nitrogens with zero attached hydrogens (tertiary/aromatic N) is 2. The smallest absolute Gasteiger partial charge is 0.341 e. The second kappa shape index (κ2) is 7.08. The molecule has 1 fully saturated rings. The van der Waals surface area contributed by atoms with Crippen molar-refractivity contribution in [1.29, 1.82) is 0 Å². The third kappa shape index (κ3) is 3.05. The fourth-order valence-corrected chi connectivity index (χ4v) is 1.89. The second-order valence-corrected chi connectivity index (χ2v) is 3.74. The predicted octanol–water partition coefficient (Wildman–Crippen LogP) is 1.73. The Balaban J connectivity index is 3.18. The molecule has 0 spiro atoms. The van der Waals surface area contributed by atoms with E-state index in [9.17, 15) is 4.79 Å². The summed E-state index contributed by atoms with van der Waals surface area (Å²) in [4.78, 5) is 11.6. The minimum Gasteiger partial charge on any atom is -0.467 e. The van der Waals surface area contributed by atoms with Gasteiger partial charge in [-0.1, -0.05) is 12.2 Å². The van der Waals surface area contributed by atoms with Crippen LogP contribution in [-0.2, 0) is 14.3 Å². The highest BCUT2D eigenvalue weighted by molar-refractivity contribution is 6.20. The number of allylic oxidation sites excluding steroid dienone is 2. The molecule has 98 valence electrons. The number of carbonyl (C=O) groups is 1. The highest BCUT2D eigenvalue weighted by atomic mass is 35.5. The molecule has 1 aliphatic rings. The topological polar surface area (TPSA) is 60.2 Å². The summed E-state index contributed by atoms with van der Waals surface area (Å²) < 4.78 is 10.1. The lowest BCUT2D eigenvalue weighted by atomic mass is 9.94. The van der Waals surface area contributed by atoms with Crippen molar-refractivity contribution in [3.05, 3.63) is 23.3 Å². The summed E-state index contributed by atoms with van der Waals surface area (Å²) in [5.41, 5.74) is 2.04. The highest BCUT2D eigenvalue weighted by Gasteiger charge is 2.34. The van der Waals surface area contributed by atoms with Gasteiger partial charge in [0.05, 0.1) is 13.7 Å². The maximum atomic E-state index is 11.6. The Morgan fingerprint density at radius 1 is 1.72 bits per heavy atom. The monoisotopic (exact) mass is 270 g/mol. The van der Waals surface area contributed by atoms with Crippen molar-refractivity contribution in [3.8, 4) is 0 Å². The molecule has 0 radical (unpaired) electrons. The molecule has 1 heterocycles. The highest BCUT2D eigenvalue weighted by Crippen LogP contribution is 2.23. The number of halogens is 1. The summed E-state index contributed by atoms with van der Waals surface area (Å²) >= 11 is 5.68. The zero-order valence-electron chi connectivity index (χ0n) is 10.4. The molecule has 1 rings (SSSR count). The number of esters is 1. The molecule has 1 atom stereocenters. The molecular weight excluding hydrogens is 256 g/mol. The number of rotatable bonds is 3. The molecule has 5 nitrogen and oxygen atoms in total. The van der Waals surface area contributed by atoms with Gasteiger partial charge < -0.3 is 9.47 Å². The van der Waals surface area contributed by atoms with E-state index in [2.05, 4.69) is 21.7 Å². The average Bonchev–Trinajstić information content (AvgIpc) is 2.39. The third-order valence-corrected chi connectivity index (χ3v) is 2.64. The van der Waals surface area contributed by atoms with E-state index in [0.717, 1.165) is 11.1 Å². The van der Waals surface area contributed by atoms with E-state index in [0.29, 0.717) is 11.6 Å². The van der Waals surface area contributed by atoms with Gasteiger partial charge in [0.2, 0.25) is 0 Å². The summed E-state index contributed by atoms with van der Waals surface area (Å²) in [5.74, 6) is -0.157. The van der Waals surface area contributed by atoms with Crippen LogP contribution in [0.1, 0.15) is 6.92 Å². The molecule has 1 saturated heterocycles. The van der Waals surface area contributed by atoms with E-state index >= 15 is 0 Å². The zero-order chi connectivity index (χ0) is 13.5. The van der Waals surface area contributed by atoms with Crippen molar-refractivity contribution in [2.45, 2.75) is 13.0 Å². The van der Waals surface area contributed by atoms with E-state index in [4.69, 9.17) is 16.3 Å². The van der Waals surface area contributed by atoms with Crippen molar-refractivity contribution >= 4 is 30.0 Å². The maximum Gasteiger partial charge on any atom is 0.341 e. The van der Waals surface area contributed by atoms with E-state index < -0.39 is 12.1 Å². The van der Waals surface area contributed by atoms with Gasteiger partial charge in [0, 0.05) is 18.2 Å². The SMILES string of the molecule is C=NN=C1C(=C/C)/C(=C\CCl)COC1C(=O)OC. The summed E-state index contributed by atoms with van der Waals surface area (Å²) in [6, 6.07) is 0. The summed E-state index contributed by atoms with van der Waals surface area (Å²) in [6.07, 6.45) is 2.77. The summed E-state index contributed by atoms with van der Waals surface area (Å²) in [5, 5.41) is 7.34. The van der Waals surface area contributed by atoms with E-state index in [-0.39, 0.29) is 6.61 Å². The Hall–Kier alpha value is -1.46. The largest absolute Gasteiger partial charge is 0.467 e. The van der Waals surface area contributed by atoms with Crippen molar-refractivity contribution < 1.29 is 14.3 Å². The molecule has 0 aromatic rings. The van der Waals surface area contributed by atoms with Crippen molar-refractivity contribution in [3.63, 3.8) is 0 Å². The Kier molecular flexibility index (Phi) is 5.74. The van der Waals surface area contributed by atoms with E-state index in [1.54, 1.807) is 0 Å². The maximum absolute atomic E-state index is 11.6. The van der Waals surface area contributed by atoms with Crippen LogP contribution in [0, 0.1) is 0 Å². The van der Waals surface area contributed by atoms with Crippen LogP contribution in [0.4, 0.5) is 0 Å². The Labute approximate surface area is 111 Å². The number of ether oxygens (including phenoxy) is 2. The third-order valence-electron chi connectivity index (χ3n) is 2.48. The lowest BCUT2D eigenvalue weighted by Crippen LogP contribution is -2.40. The quantitative estimate of drug-likeness (QED) is 0.340.